The molecule has 1 heterocycles. The van der Waals surface area contributed by atoms with E-state index in [2.05, 4.69) is 5.32 Å². The fourth-order valence-electron chi connectivity index (χ4n) is 2.43. The number of esters is 1. The molecule has 1 aliphatic rings. The van der Waals surface area contributed by atoms with Gasteiger partial charge in [0.2, 0.25) is 0 Å². The molecule has 1 N–H and O–H groups in total. The van der Waals surface area contributed by atoms with E-state index in [1.54, 1.807) is 0 Å². The molecule has 1 saturated heterocycles. The fraction of sp³-hybridized carbons (Fsp3) is 0.588. The van der Waals surface area contributed by atoms with Crippen molar-refractivity contribution in [3.63, 3.8) is 0 Å². The van der Waals surface area contributed by atoms with Gasteiger partial charge >= 0.3 is 5.97 Å². The zero-order valence-corrected chi connectivity index (χ0v) is 12.7. The maximum atomic E-state index is 11.9. The molecular weight excluding hydrogens is 266 g/mol. The summed E-state index contributed by atoms with van der Waals surface area (Å²) in [5, 5.41) is 3.35. The second-order valence-electron chi connectivity index (χ2n) is 5.74. The first-order chi connectivity index (χ1) is 10.3. The van der Waals surface area contributed by atoms with Gasteiger partial charge in [0.25, 0.3) is 0 Å². The van der Waals surface area contributed by atoms with Crippen LogP contribution in [0, 0.1) is 11.8 Å². The highest BCUT2D eigenvalue weighted by atomic mass is 16.5. The van der Waals surface area contributed by atoms with Crippen molar-refractivity contribution < 1.29 is 14.3 Å². The summed E-state index contributed by atoms with van der Waals surface area (Å²) in [4.78, 5) is 11.9. The molecule has 0 radical (unpaired) electrons. The van der Waals surface area contributed by atoms with Gasteiger partial charge in [-0.15, -0.1) is 0 Å². The number of hydrogen-bond donors (Lipinski definition) is 1. The van der Waals surface area contributed by atoms with Gasteiger partial charge in [-0.3, -0.25) is 4.79 Å². The number of nitrogens with one attached hydrogen (secondary N) is 1. The van der Waals surface area contributed by atoms with Gasteiger partial charge in [0.1, 0.15) is 6.61 Å². The highest BCUT2D eigenvalue weighted by Gasteiger charge is 2.17. The topological polar surface area (TPSA) is 47.6 Å². The fourth-order valence-corrected chi connectivity index (χ4v) is 2.43. The van der Waals surface area contributed by atoms with Crippen LogP contribution >= 0.6 is 0 Å². The SMILES string of the molecule is CC(CNCC1CCCOC1)C(=O)OCc1ccccc1. The molecular formula is C17H25NO3. The molecule has 0 spiro atoms. The van der Waals surface area contributed by atoms with Crippen molar-refractivity contribution in [3.8, 4) is 0 Å². The van der Waals surface area contributed by atoms with E-state index in [4.69, 9.17) is 9.47 Å². The Labute approximate surface area is 126 Å². The molecule has 116 valence electrons. The first-order valence-corrected chi connectivity index (χ1v) is 7.74. The Morgan fingerprint density at radius 3 is 2.95 bits per heavy atom. The maximum Gasteiger partial charge on any atom is 0.310 e. The van der Waals surface area contributed by atoms with Crippen LogP contribution in [0.25, 0.3) is 0 Å². The van der Waals surface area contributed by atoms with Crippen molar-refractivity contribution in [2.45, 2.75) is 26.4 Å². The van der Waals surface area contributed by atoms with Crippen molar-refractivity contribution >= 4 is 5.97 Å². The molecule has 0 aromatic heterocycles. The van der Waals surface area contributed by atoms with Crippen LogP contribution in [0.5, 0.6) is 0 Å². The number of ether oxygens (including phenoxy) is 2. The van der Waals surface area contributed by atoms with Crippen molar-refractivity contribution in [2.24, 2.45) is 11.8 Å². The van der Waals surface area contributed by atoms with Gasteiger partial charge < -0.3 is 14.8 Å². The van der Waals surface area contributed by atoms with Gasteiger partial charge in [-0.1, -0.05) is 37.3 Å². The predicted octanol–water partition coefficient (Wildman–Crippen LogP) is 2.38. The van der Waals surface area contributed by atoms with Crippen molar-refractivity contribution in [3.05, 3.63) is 35.9 Å². The lowest BCUT2D eigenvalue weighted by Crippen LogP contribution is -2.34. The summed E-state index contributed by atoms with van der Waals surface area (Å²) >= 11 is 0. The Morgan fingerprint density at radius 1 is 1.43 bits per heavy atom. The van der Waals surface area contributed by atoms with Crippen LogP contribution in [0.15, 0.2) is 30.3 Å². The minimum absolute atomic E-state index is 0.127. The highest BCUT2D eigenvalue weighted by molar-refractivity contribution is 5.72. The molecule has 1 fully saturated rings. The van der Waals surface area contributed by atoms with E-state index >= 15 is 0 Å². The monoisotopic (exact) mass is 291 g/mol. The molecule has 0 bridgehead atoms. The third-order valence-corrected chi connectivity index (χ3v) is 3.76. The van der Waals surface area contributed by atoms with Crippen LogP contribution in [-0.2, 0) is 20.9 Å². The van der Waals surface area contributed by atoms with Crippen LogP contribution < -0.4 is 5.32 Å². The number of benzene rings is 1. The van der Waals surface area contributed by atoms with Crippen molar-refractivity contribution in [1.82, 2.24) is 5.32 Å². The van der Waals surface area contributed by atoms with Crippen LogP contribution in [-0.4, -0.2) is 32.3 Å². The third-order valence-electron chi connectivity index (χ3n) is 3.76. The quantitative estimate of drug-likeness (QED) is 0.784. The highest BCUT2D eigenvalue weighted by Crippen LogP contribution is 2.12. The van der Waals surface area contributed by atoms with E-state index in [0.717, 1.165) is 31.7 Å². The second-order valence-corrected chi connectivity index (χ2v) is 5.74. The molecule has 2 unspecified atom stereocenters. The minimum Gasteiger partial charge on any atom is -0.461 e. The molecule has 1 aliphatic heterocycles. The standard InChI is InChI=1S/C17H25NO3/c1-14(10-18-11-16-8-5-9-20-12-16)17(19)21-13-15-6-3-2-4-7-15/h2-4,6-7,14,16,18H,5,8-13H2,1H3. The van der Waals surface area contributed by atoms with Gasteiger partial charge in [-0.05, 0) is 24.3 Å². The van der Waals surface area contributed by atoms with Gasteiger partial charge in [0, 0.05) is 19.7 Å². The smallest absolute Gasteiger partial charge is 0.310 e. The van der Waals surface area contributed by atoms with Crippen molar-refractivity contribution in [1.29, 1.82) is 0 Å². The Hall–Kier alpha value is -1.39. The van der Waals surface area contributed by atoms with Gasteiger partial charge in [0.05, 0.1) is 12.5 Å². The summed E-state index contributed by atoms with van der Waals surface area (Å²) < 4.78 is 10.8. The molecule has 0 aliphatic carbocycles. The first kappa shape index (κ1) is 16.0. The Morgan fingerprint density at radius 2 is 2.24 bits per heavy atom. The second kappa shape index (κ2) is 8.80. The van der Waals surface area contributed by atoms with Crippen LogP contribution in [0.1, 0.15) is 25.3 Å². The molecule has 2 atom stereocenters. The van der Waals surface area contributed by atoms with Crippen LogP contribution in [0.4, 0.5) is 0 Å². The molecule has 4 nitrogen and oxygen atoms in total. The molecule has 0 saturated carbocycles. The number of carbonyl (C=O) groups is 1. The average molecular weight is 291 g/mol. The lowest BCUT2D eigenvalue weighted by molar-refractivity contribution is -0.149. The summed E-state index contributed by atoms with van der Waals surface area (Å²) in [5.41, 5.74) is 1.02. The first-order valence-electron chi connectivity index (χ1n) is 7.74. The molecule has 4 heteroatoms. The Bertz CT molecular complexity index is 415. The van der Waals surface area contributed by atoms with Crippen LogP contribution in [0.3, 0.4) is 0 Å². The number of carbonyl (C=O) groups excluding carboxylic acids is 1. The molecule has 1 aromatic rings. The van der Waals surface area contributed by atoms with Gasteiger partial charge in [0.15, 0.2) is 0 Å². The summed E-state index contributed by atoms with van der Waals surface area (Å²) in [7, 11) is 0. The average Bonchev–Trinajstić information content (AvgIpc) is 2.54. The minimum atomic E-state index is -0.147. The largest absolute Gasteiger partial charge is 0.461 e. The molecule has 2 rings (SSSR count). The van der Waals surface area contributed by atoms with E-state index in [-0.39, 0.29) is 11.9 Å². The van der Waals surface area contributed by atoms with E-state index < -0.39 is 0 Å². The van der Waals surface area contributed by atoms with E-state index in [1.165, 1.54) is 6.42 Å². The van der Waals surface area contributed by atoms with E-state index in [0.29, 0.717) is 19.1 Å². The van der Waals surface area contributed by atoms with Crippen LogP contribution in [0.2, 0.25) is 0 Å². The molecule has 0 amide bonds. The van der Waals surface area contributed by atoms with E-state index in [1.807, 2.05) is 37.3 Å². The Kier molecular flexibility index (Phi) is 6.70. The summed E-state index contributed by atoms with van der Waals surface area (Å²) in [6.07, 6.45) is 2.35. The summed E-state index contributed by atoms with van der Waals surface area (Å²) in [6, 6.07) is 9.76. The summed E-state index contributed by atoms with van der Waals surface area (Å²) in [5.74, 6) is 0.302. The Balaban J connectivity index is 1.60. The van der Waals surface area contributed by atoms with Gasteiger partial charge in [-0.2, -0.15) is 0 Å². The third kappa shape index (κ3) is 5.86. The normalized spacial score (nSPS) is 20.0. The molecule has 1 aromatic carbocycles. The maximum absolute atomic E-state index is 11.9. The zero-order chi connectivity index (χ0) is 14.9. The zero-order valence-electron chi connectivity index (χ0n) is 12.7. The number of rotatable bonds is 7. The number of hydrogen-bond acceptors (Lipinski definition) is 4. The van der Waals surface area contributed by atoms with Crippen molar-refractivity contribution in [2.75, 3.05) is 26.3 Å². The van der Waals surface area contributed by atoms with E-state index in [9.17, 15) is 4.79 Å². The molecule has 21 heavy (non-hydrogen) atoms. The summed E-state index contributed by atoms with van der Waals surface area (Å²) in [6.45, 7) is 5.54. The lowest BCUT2D eigenvalue weighted by Gasteiger charge is -2.23. The predicted molar refractivity (Wildman–Crippen MR) is 81.8 cm³/mol. The van der Waals surface area contributed by atoms with Gasteiger partial charge in [-0.25, -0.2) is 0 Å². The lowest BCUT2D eigenvalue weighted by atomic mass is 10.0.